The minimum atomic E-state index is -4.13. The van der Waals surface area contributed by atoms with Crippen LogP contribution < -0.4 is 9.62 Å². The van der Waals surface area contributed by atoms with E-state index in [9.17, 15) is 18.0 Å². The molecule has 4 aromatic rings. The van der Waals surface area contributed by atoms with Crippen molar-refractivity contribution in [1.29, 1.82) is 0 Å². The summed E-state index contributed by atoms with van der Waals surface area (Å²) in [4.78, 5) is 30.0. The molecule has 0 saturated carbocycles. The summed E-state index contributed by atoms with van der Waals surface area (Å²) in [5.41, 5.74) is 5.10. The van der Waals surface area contributed by atoms with E-state index >= 15 is 0 Å². The van der Waals surface area contributed by atoms with Gasteiger partial charge in [0.15, 0.2) is 0 Å². The van der Waals surface area contributed by atoms with Crippen LogP contribution in [0, 0.1) is 26.7 Å². The molecule has 0 bridgehead atoms. The van der Waals surface area contributed by atoms with Crippen molar-refractivity contribution in [3.63, 3.8) is 0 Å². The number of benzene rings is 4. The Hall–Kier alpha value is -4.43. The molecule has 0 heterocycles. The summed E-state index contributed by atoms with van der Waals surface area (Å²) >= 11 is 0. The molecule has 1 atom stereocenters. The van der Waals surface area contributed by atoms with E-state index in [2.05, 4.69) is 5.32 Å². The van der Waals surface area contributed by atoms with Crippen molar-refractivity contribution in [1.82, 2.24) is 10.2 Å². The summed E-state index contributed by atoms with van der Waals surface area (Å²) in [6.45, 7) is 9.98. The third-order valence-electron chi connectivity index (χ3n) is 7.82. The molecule has 4 rings (SSSR count). The average Bonchev–Trinajstić information content (AvgIpc) is 3.03. The molecule has 7 nitrogen and oxygen atoms in total. The Bertz CT molecular complexity index is 1690. The van der Waals surface area contributed by atoms with Crippen molar-refractivity contribution in [2.45, 2.75) is 58.5 Å². The Morgan fingerprint density at radius 2 is 1.38 bits per heavy atom. The van der Waals surface area contributed by atoms with Crippen LogP contribution in [-0.2, 0) is 32.6 Å². The number of hydrogen-bond acceptors (Lipinski definition) is 4. The molecule has 4 aromatic carbocycles. The topological polar surface area (TPSA) is 86.8 Å². The predicted molar refractivity (Wildman–Crippen MR) is 180 cm³/mol. The monoisotopic (exact) mass is 625 g/mol. The number of anilines is 1. The summed E-state index contributed by atoms with van der Waals surface area (Å²) in [5, 5.41) is 3.02. The van der Waals surface area contributed by atoms with Crippen LogP contribution in [0.5, 0.6) is 0 Å². The summed E-state index contributed by atoms with van der Waals surface area (Å²) < 4.78 is 29.4. The van der Waals surface area contributed by atoms with Gasteiger partial charge in [0.2, 0.25) is 11.8 Å². The zero-order valence-corrected chi connectivity index (χ0v) is 27.6. The number of nitrogens with one attached hydrogen (secondary N) is 1. The SMILES string of the molecule is Cc1ccc(CN(C(=O)CN(c2ccc(C)c(C)c2)S(=O)(=O)c2ccccc2)[C@H](Cc2ccccc2)C(=O)NCC(C)C)cc1. The number of amides is 2. The van der Waals surface area contributed by atoms with Gasteiger partial charge < -0.3 is 10.2 Å². The molecule has 0 unspecified atom stereocenters. The molecular weight excluding hydrogens is 582 g/mol. The van der Waals surface area contributed by atoms with E-state index in [4.69, 9.17) is 0 Å². The van der Waals surface area contributed by atoms with Gasteiger partial charge in [0.25, 0.3) is 10.0 Å². The molecule has 236 valence electrons. The third-order valence-corrected chi connectivity index (χ3v) is 9.61. The van der Waals surface area contributed by atoms with Crippen LogP contribution in [0.15, 0.2) is 108 Å². The van der Waals surface area contributed by atoms with Gasteiger partial charge in [-0.05, 0) is 73.2 Å². The highest BCUT2D eigenvalue weighted by Gasteiger charge is 2.34. The van der Waals surface area contributed by atoms with E-state index in [1.165, 1.54) is 17.0 Å². The molecule has 0 aliphatic carbocycles. The summed E-state index contributed by atoms with van der Waals surface area (Å²) in [7, 11) is -4.13. The highest BCUT2D eigenvalue weighted by molar-refractivity contribution is 7.92. The Morgan fingerprint density at radius 3 is 1.98 bits per heavy atom. The smallest absolute Gasteiger partial charge is 0.264 e. The molecule has 0 saturated heterocycles. The van der Waals surface area contributed by atoms with Crippen molar-refractivity contribution >= 4 is 27.5 Å². The molecule has 0 aliphatic heterocycles. The number of carbonyl (C=O) groups excluding carboxylic acids is 2. The second kappa shape index (κ2) is 15.0. The molecule has 45 heavy (non-hydrogen) atoms. The highest BCUT2D eigenvalue weighted by Crippen LogP contribution is 2.27. The first kappa shape index (κ1) is 33.5. The van der Waals surface area contributed by atoms with Crippen molar-refractivity contribution in [2.24, 2.45) is 5.92 Å². The van der Waals surface area contributed by atoms with Crippen molar-refractivity contribution in [3.05, 3.63) is 131 Å². The Balaban J connectivity index is 1.80. The van der Waals surface area contributed by atoms with Crippen LogP contribution in [0.1, 0.15) is 41.7 Å². The number of rotatable bonds is 13. The highest BCUT2D eigenvalue weighted by atomic mass is 32.2. The van der Waals surface area contributed by atoms with E-state index in [1.807, 2.05) is 95.3 Å². The van der Waals surface area contributed by atoms with Crippen LogP contribution in [0.4, 0.5) is 5.69 Å². The van der Waals surface area contributed by atoms with Crippen LogP contribution in [0.3, 0.4) is 0 Å². The van der Waals surface area contributed by atoms with Gasteiger partial charge in [-0.25, -0.2) is 8.42 Å². The van der Waals surface area contributed by atoms with Gasteiger partial charge in [0.05, 0.1) is 10.6 Å². The van der Waals surface area contributed by atoms with Crippen LogP contribution in [0.2, 0.25) is 0 Å². The van der Waals surface area contributed by atoms with Gasteiger partial charge in [-0.15, -0.1) is 0 Å². The quantitative estimate of drug-likeness (QED) is 0.191. The fraction of sp³-hybridized carbons (Fsp3) is 0.297. The van der Waals surface area contributed by atoms with E-state index in [0.717, 1.165) is 32.1 Å². The zero-order chi connectivity index (χ0) is 32.6. The normalized spacial score (nSPS) is 12.0. The Labute approximate surface area is 268 Å². The van der Waals surface area contributed by atoms with E-state index in [0.29, 0.717) is 12.2 Å². The molecule has 0 radical (unpaired) electrons. The summed E-state index contributed by atoms with van der Waals surface area (Å²) in [6, 6.07) is 29.9. The second-order valence-corrected chi connectivity index (χ2v) is 13.8. The van der Waals surface area contributed by atoms with Crippen molar-refractivity contribution in [3.8, 4) is 0 Å². The zero-order valence-electron chi connectivity index (χ0n) is 26.7. The van der Waals surface area contributed by atoms with Gasteiger partial charge in [0.1, 0.15) is 12.6 Å². The predicted octanol–water partition coefficient (Wildman–Crippen LogP) is 6.22. The minimum absolute atomic E-state index is 0.0802. The lowest BCUT2D eigenvalue weighted by atomic mass is 10.0. The molecule has 8 heteroatoms. The Morgan fingerprint density at radius 1 is 0.756 bits per heavy atom. The lowest BCUT2D eigenvalue weighted by Gasteiger charge is -2.34. The molecule has 0 aliphatic rings. The number of nitrogens with zero attached hydrogens (tertiary/aromatic N) is 2. The number of aryl methyl sites for hydroxylation is 3. The fourth-order valence-electron chi connectivity index (χ4n) is 5.00. The maximum absolute atomic E-state index is 14.5. The molecule has 0 fully saturated rings. The number of hydrogen-bond donors (Lipinski definition) is 1. The number of carbonyl (C=O) groups is 2. The lowest BCUT2D eigenvalue weighted by molar-refractivity contribution is -0.140. The standard InChI is InChI=1S/C37H43N3O4S/c1-27(2)24-38-37(42)35(23-31-12-8-6-9-13-31)39(25-32-19-16-28(3)17-20-32)36(41)26-40(33-21-18-29(4)30(5)22-33)45(43,44)34-14-10-7-11-15-34/h6-22,27,35H,23-26H2,1-5H3,(H,38,42)/t35-/m1/s1. The minimum Gasteiger partial charge on any atom is -0.354 e. The average molecular weight is 626 g/mol. The molecule has 2 amide bonds. The van der Waals surface area contributed by atoms with E-state index in [1.54, 1.807) is 30.3 Å². The lowest BCUT2D eigenvalue weighted by Crippen LogP contribution is -2.53. The Kier molecular flexibility index (Phi) is 11.2. The van der Waals surface area contributed by atoms with Gasteiger partial charge >= 0.3 is 0 Å². The largest absolute Gasteiger partial charge is 0.354 e. The first-order valence-electron chi connectivity index (χ1n) is 15.3. The van der Waals surface area contributed by atoms with Crippen LogP contribution in [0.25, 0.3) is 0 Å². The van der Waals surface area contributed by atoms with Gasteiger partial charge in [0, 0.05) is 19.5 Å². The van der Waals surface area contributed by atoms with Crippen molar-refractivity contribution < 1.29 is 18.0 Å². The van der Waals surface area contributed by atoms with Gasteiger partial charge in [-0.3, -0.25) is 13.9 Å². The van der Waals surface area contributed by atoms with Crippen LogP contribution >= 0.6 is 0 Å². The first-order valence-corrected chi connectivity index (χ1v) is 16.7. The molecule has 1 N–H and O–H groups in total. The molecule has 0 spiro atoms. The maximum Gasteiger partial charge on any atom is 0.264 e. The van der Waals surface area contributed by atoms with Crippen molar-refractivity contribution in [2.75, 3.05) is 17.4 Å². The summed E-state index contributed by atoms with van der Waals surface area (Å²) in [6.07, 6.45) is 0.275. The second-order valence-electron chi connectivity index (χ2n) is 11.9. The number of sulfonamides is 1. The van der Waals surface area contributed by atoms with Gasteiger partial charge in [-0.1, -0.05) is 98.3 Å². The van der Waals surface area contributed by atoms with E-state index in [-0.39, 0.29) is 29.7 Å². The maximum atomic E-state index is 14.5. The first-order chi connectivity index (χ1) is 21.5. The van der Waals surface area contributed by atoms with Crippen LogP contribution in [-0.4, -0.2) is 44.3 Å². The van der Waals surface area contributed by atoms with Gasteiger partial charge in [-0.2, -0.15) is 0 Å². The fourth-order valence-corrected chi connectivity index (χ4v) is 6.42. The molecule has 0 aromatic heterocycles. The third kappa shape index (κ3) is 8.82. The summed E-state index contributed by atoms with van der Waals surface area (Å²) in [5.74, 6) is -0.547. The molecular formula is C37H43N3O4S. The van der Waals surface area contributed by atoms with E-state index < -0.39 is 28.5 Å².